The second-order valence-electron chi connectivity index (χ2n) is 5.92. The van der Waals surface area contributed by atoms with Crippen LogP contribution in [0.25, 0.3) is 0 Å². The molecule has 3 aromatic heterocycles. The molecule has 0 fully saturated rings. The van der Waals surface area contributed by atoms with E-state index in [2.05, 4.69) is 20.8 Å². The predicted octanol–water partition coefficient (Wildman–Crippen LogP) is 0.867. The summed E-state index contributed by atoms with van der Waals surface area (Å²) in [7, 11) is 1.64. The van der Waals surface area contributed by atoms with Crippen molar-refractivity contribution in [1.82, 2.24) is 24.9 Å². The van der Waals surface area contributed by atoms with Gasteiger partial charge in [-0.25, -0.2) is 4.79 Å². The largest absolute Gasteiger partial charge is 0.478 e. The molecule has 3 heterocycles. The number of carboxylic acids is 1. The SMILES string of the molecule is Cn1cc(NC(=O)CCn2cc(C(=O)O)cn2)c(C(=O)NCc2ccco2)n1. The Bertz CT molecular complexity index is 988. The minimum atomic E-state index is -1.09. The van der Waals surface area contributed by atoms with Gasteiger partial charge in [0, 0.05) is 32.4 Å². The van der Waals surface area contributed by atoms with Gasteiger partial charge in [0.1, 0.15) is 5.76 Å². The number of nitrogens with one attached hydrogen (secondary N) is 2. The third kappa shape index (κ3) is 4.63. The van der Waals surface area contributed by atoms with Crippen LogP contribution in [0.2, 0.25) is 0 Å². The fraction of sp³-hybridized carbons (Fsp3) is 0.235. The molecule has 0 bridgehead atoms. The van der Waals surface area contributed by atoms with E-state index in [4.69, 9.17) is 9.52 Å². The summed E-state index contributed by atoms with van der Waals surface area (Å²) < 4.78 is 7.94. The lowest BCUT2D eigenvalue weighted by molar-refractivity contribution is -0.116. The first-order chi connectivity index (χ1) is 13.4. The van der Waals surface area contributed by atoms with Gasteiger partial charge in [0.05, 0.1) is 30.3 Å². The summed E-state index contributed by atoms with van der Waals surface area (Å²) in [6, 6.07) is 3.44. The van der Waals surface area contributed by atoms with Crippen LogP contribution in [0, 0.1) is 0 Å². The highest BCUT2D eigenvalue weighted by Crippen LogP contribution is 2.14. The Morgan fingerprint density at radius 3 is 2.79 bits per heavy atom. The van der Waals surface area contributed by atoms with Crippen molar-refractivity contribution in [2.45, 2.75) is 19.5 Å². The molecule has 0 aliphatic carbocycles. The van der Waals surface area contributed by atoms with E-state index in [0.717, 1.165) is 0 Å². The van der Waals surface area contributed by atoms with Crippen LogP contribution in [0.15, 0.2) is 41.4 Å². The second-order valence-corrected chi connectivity index (χ2v) is 5.92. The van der Waals surface area contributed by atoms with Gasteiger partial charge in [-0.3, -0.25) is 19.0 Å². The lowest BCUT2D eigenvalue weighted by atomic mass is 10.3. The van der Waals surface area contributed by atoms with Crippen molar-refractivity contribution in [1.29, 1.82) is 0 Å². The minimum absolute atomic E-state index is 0.0446. The van der Waals surface area contributed by atoms with Gasteiger partial charge in [-0.15, -0.1) is 0 Å². The molecule has 11 heteroatoms. The number of aryl methyl sites for hydroxylation is 2. The third-order valence-corrected chi connectivity index (χ3v) is 3.77. The van der Waals surface area contributed by atoms with Gasteiger partial charge in [0.25, 0.3) is 5.91 Å². The molecule has 11 nitrogen and oxygen atoms in total. The maximum absolute atomic E-state index is 12.4. The number of aromatic nitrogens is 4. The van der Waals surface area contributed by atoms with Crippen molar-refractivity contribution < 1.29 is 23.9 Å². The summed E-state index contributed by atoms with van der Waals surface area (Å²) >= 11 is 0. The van der Waals surface area contributed by atoms with Crippen molar-refractivity contribution in [3.8, 4) is 0 Å². The number of anilines is 1. The van der Waals surface area contributed by atoms with Crippen LogP contribution < -0.4 is 10.6 Å². The fourth-order valence-corrected chi connectivity index (χ4v) is 2.44. The molecule has 0 radical (unpaired) electrons. The number of furan rings is 1. The number of carbonyl (C=O) groups excluding carboxylic acids is 2. The fourth-order valence-electron chi connectivity index (χ4n) is 2.44. The zero-order valence-corrected chi connectivity index (χ0v) is 15.0. The van der Waals surface area contributed by atoms with E-state index in [1.165, 1.54) is 34.2 Å². The van der Waals surface area contributed by atoms with Crippen molar-refractivity contribution in [3.63, 3.8) is 0 Å². The number of carbonyl (C=O) groups is 3. The van der Waals surface area contributed by atoms with Crippen molar-refractivity contribution >= 4 is 23.5 Å². The molecule has 0 aromatic carbocycles. The van der Waals surface area contributed by atoms with E-state index < -0.39 is 11.9 Å². The first-order valence-corrected chi connectivity index (χ1v) is 8.32. The summed E-state index contributed by atoms with van der Waals surface area (Å²) in [5, 5.41) is 22.1. The second kappa shape index (κ2) is 8.20. The molecule has 0 unspecified atom stereocenters. The molecule has 0 spiro atoms. The average molecular weight is 386 g/mol. The number of aromatic carboxylic acids is 1. The Kier molecular flexibility index (Phi) is 5.53. The summed E-state index contributed by atoms with van der Waals surface area (Å²) in [5.74, 6) is -1.31. The Balaban J connectivity index is 1.57. The first kappa shape index (κ1) is 18.9. The third-order valence-electron chi connectivity index (χ3n) is 3.77. The van der Waals surface area contributed by atoms with E-state index in [1.807, 2.05) is 0 Å². The number of nitrogens with zero attached hydrogens (tertiary/aromatic N) is 4. The lowest BCUT2D eigenvalue weighted by Crippen LogP contribution is -2.25. The molecular formula is C17H18N6O5. The molecule has 0 aliphatic heterocycles. The van der Waals surface area contributed by atoms with Crippen molar-refractivity contribution in [2.75, 3.05) is 5.32 Å². The molecule has 2 amide bonds. The highest BCUT2D eigenvalue weighted by molar-refractivity contribution is 6.02. The normalized spacial score (nSPS) is 10.6. The van der Waals surface area contributed by atoms with Gasteiger partial charge >= 0.3 is 5.97 Å². The van der Waals surface area contributed by atoms with Crippen LogP contribution in [0.4, 0.5) is 5.69 Å². The zero-order chi connectivity index (χ0) is 20.1. The standard InChI is InChI=1S/C17H18N6O5/c1-22-10-13(15(21-22)16(25)18-8-12-3-2-6-28-12)20-14(24)4-5-23-9-11(7-19-23)17(26)27/h2-3,6-7,9-10H,4-5,8H2,1H3,(H,18,25)(H,20,24)(H,26,27). The van der Waals surface area contributed by atoms with E-state index in [1.54, 1.807) is 19.2 Å². The molecule has 28 heavy (non-hydrogen) atoms. The van der Waals surface area contributed by atoms with Gasteiger partial charge in [-0.1, -0.05) is 0 Å². The first-order valence-electron chi connectivity index (χ1n) is 8.32. The zero-order valence-electron chi connectivity index (χ0n) is 15.0. The van der Waals surface area contributed by atoms with Gasteiger partial charge in [-0.05, 0) is 12.1 Å². The number of hydrogen-bond donors (Lipinski definition) is 3. The number of carboxylic acid groups (broad SMARTS) is 1. The lowest BCUT2D eigenvalue weighted by Gasteiger charge is -2.06. The predicted molar refractivity (Wildman–Crippen MR) is 95.5 cm³/mol. The number of hydrogen-bond acceptors (Lipinski definition) is 6. The van der Waals surface area contributed by atoms with Crippen molar-refractivity contribution in [2.24, 2.45) is 7.05 Å². The maximum atomic E-state index is 12.4. The molecule has 3 N–H and O–H groups in total. The Morgan fingerprint density at radius 2 is 2.11 bits per heavy atom. The summed E-state index contributed by atoms with van der Waals surface area (Å²) in [6.45, 7) is 0.389. The van der Waals surface area contributed by atoms with E-state index in [-0.39, 0.29) is 42.4 Å². The number of rotatable bonds is 8. The summed E-state index contributed by atoms with van der Waals surface area (Å²) in [4.78, 5) is 35.4. The molecule has 0 saturated heterocycles. The van der Waals surface area contributed by atoms with Crippen LogP contribution in [0.3, 0.4) is 0 Å². The van der Waals surface area contributed by atoms with Crippen LogP contribution >= 0.6 is 0 Å². The molecule has 3 aromatic rings. The summed E-state index contributed by atoms with van der Waals surface area (Å²) in [6.07, 6.45) is 5.63. The van der Waals surface area contributed by atoms with Gasteiger partial charge in [0.15, 0.2) is 5.69 Å². The van der Waals surface area contributed by atoms with Gasteiger partial charge in [-0.2, -0.15) is 10.2 Å². The summed E-state index contributed by atoms with van der Waals surface area (Å²) in [5.41, 5.74) is 0.397. The molecule has 0 atom stereocenters. The molecule has 0 saturated carbocycles. The highest BCUT2D eigenvalue weighted by atomic mass is 16.4. The smallest absolute Gasteiger partial charge is 0.338 e. The molecule has 0 aliphatic rings. The van der Waals surface area contributed by atoms with Crippen LogP contribution in [-0.2, 0) is 24.9 Å². The van der Waals surface area contributed by atoms with E-state index in [0.29, 0.717) is 5.76 Å². The van der Waals surface area contributed by atoms with Crippen LogP contribution in [0.1, 0.15) is 33.0 Å². The molecular weight excluding hydrogens is 368 g/mol. The van der Waals surface area contributed by atoms with E-state index >= 15 is 0 Å². The quantitative estimate of drug-likeness (QED) is 0.521. The Labute approximate surface area is 158 Å². The molecule has 3 rings (SSSR count). The van der Waals surface area contributed by atoms with Crippen LogP contribution in [0.5, 0.6) is 0 Å². The van der Waals surface area contributed by atoms with E-state index in [9.17, 15) is 14.4 Å². The number of amides is 2. The average Bonchev–Trinajstić information content (AvgIpc) is 3.39. The highest BCUT2D eigenvalue weighted by Gasteiger charge is 2.18. The molecule has 146 valence electrons. The topological polar surface area (TPSA) is 144 Å². The maximum Gasteiger partial charge on any atom is 0.338 e. The van der Waals surface area contributed by atoms with Crippen LogP contribution in [-0.4, -0.2) is 42.5 Å². The minimum Gasteiger partial charge on any atom is -0.478 e. The van der Waals surface area contributed by atoms with Crippen molar-refractivity contribution in [3.05, 3.63) is 54.0 Å². The van der Waals surface area contributed by atoms with Gasteiger partial charge < -0.3 is 20.2 Å². The van der Waals surface area contributed by atoms with Gasteiger partial charge in [0.2, 0.25) is 5.91 Å². The Hall–Kier alpha value is -3.89. The monoisotopic (exact) mass is 386 g/mol. The Morgan fingerprint density at radius 1 is 1.29 bits per heavy atom.